The predicted octanol–water partition coefficient (Wildman–Crippen LogP) is 8.09. The summed E-state index contributed by atoms with van der Waals surface area (Å²) in [6, 6.07) is 22.2. The number of nitrogens with zero attached hydrogens (tertiary/aromatic N) is 1. The van der Waals surface area contributed by atoms with E-state index in [0.29, 0.717) is 31.5 Å². The lowest BCUT2D eigenvalue weighted by Gasteiger charge is -2.43. The summed E-state index contributed by atoms with van der Waals surface area (Å²) < 4.78 is 20.0. The Balaban J connectivity index is 1.72. The highest BCUT2D eigenvalue weighted by Crippen LogP contribution is 2.70. The zero-order valence-corrected chi connectivity index (χ0v) is 31.5. The molecule has 2 saturated carbocycles. The van der Waals surface area contributed by atoms with Gasteiger partial charge in [0.1, 0.15) is 6.79 Å². The van der Waals surface area contributed by atoms with Gasteiger partial charge >= 0.3 is 0 Å². The quantitative estimate of drug-likeness (QED) is 0.0454. The second kappa shape index (κ2) is 14.4. The summed E-state index contributed by atoms with van der Waals surface area (Å²) in [5.74, 6) is 1.02. The molecule has 0 bridgehead atoms. The molecule has 0 unspecified atom stereocenters. The maximum absolute atomic E-state index is 11.7. The molecule has 2 aliphatic rings. The second-order valence-electron chi connectivity index (χ2n) is 16.2. The minimum Gasteiger partial charge on any atom is -0.403 e. The predicted molar refractivity (Wildman–Crippen MR) is 195 cm³/mol. The van der Waals surface area contributed by atoms with Crippen LogP contribution in [0.5, 0.6) is 0 Å². The third kappa shape index (κ3) is 8.01. The summed E-state index contributed by atoms with van der Waals surface area (Å²) in [6.07, 6.45) is 6.54. The lowest BCUT2D eigenvalue weighted by Crippen LogP contribution is -2.66. The molecule has 0 radical (unpaired) electrons. The highest BCUT2D eigenvalue weighted by atomic mass is 28.4. The molecule has 0 amide bonds. The number of hydrogen-bond donors (Lipinski definition) is 0. The smallest absolute Gasteiger partial charge is 0.261 e. The number of ether oxygens (including phenoxy) is 2. The third-order valence-corrected chi connectivity index (χ3v) is 17.3. The van der Waals surface area contributed by atoms with E-state index in [9.17, 15) is 10.1 Å². The van der Waals surface area contributed by atoms with E-state index in [2.05, 4.69) is 115 Å². The Bertz CT molecular complexity index is 1310. The zero-order valence-electron chi connectivity index (χ0n) is 29.5. The van der Waals surface area contributed by atoms with Crippen LogP contribution in [0.2, 0.25) is 30.7 Å². The van der Waals surface area contributed by atoms with Crippen LogP contribution in [0.15, 0.2) is 85.0 Å². The normalized spacial score (nSPS) is 24.7. The van der Waals surface area contributed by atoms with Crippen molar-refractivity contribution in [1.82, 2.24) is 0 Å². The van der Waals surface area contributed by atoms with Gasteiger partial charge in [-0.3, -0.25) is 10.1 Å². The topological polar surface area (TPSA) is 70.8 Å². The van der Waals surface area contributed by atoms with E-state index >= 15 is 0 Å². The van der Waals surface area contributed by atoms with E-state index < -0.39 is 22.0 Å². The fourth-order valence-corrected chi connectivity index (χ4v) is 13.2. The molecule has 2 aliphatic carbocycles. The Labute approximate surface area is 279 Å². The van der Waals surface area contributed by atoms with Crippen LogP contribution in [-0.4, -0.2) is 53.5 Å². The summed E-state index contributed by atoms with van der Waals surface area (Å²) in [4.78, 5) is 11.5. The van der Waals surface area contributed by atoms with Crippen molar-refractivity contribution in [3.05, 3.63) is 95.1 Å². The van der Waals surface area contributed by atoms with Gasteiger partial charge in [-0.15, -0.1) is 6.58 Å². The average molecular weight is 664 g/mol. The fourth-order valence-electron chi connectivity index (χ4n) is 7.86. The van der Waals surface area contributed by atoms with E-state index in [1.165, 1.54) is 10.4 Å². The lowest BCUT2D eigenvalue weighted by molar-refractivity contribution is -0.479. The van der Waals surface area contributed by atoms with Gasteiger partial charge in [-0.05, 0) is 57.1 Å². The van der Waals surface area contributed by atoms with Gasteiger partial charge in [0.25, 0.3) is 8.32 Å². The van der Waals surface area contributed by atoms with Crippen LogP contribution in [0.25, 0.3) is 0 Å². The van der Waals surface area contributed by atoms with Gasteiger partial charge in [-0.2, -0.15) is 0 Å². The van der Waals surface area contributed by atoms with Gasteiger partial charge in [-0.1, -0.05) is 127 Å². The first-order valence-corrected chi connectivity index (χ1v) is 22.6. The number of rotatable bonds is 16. The SMILES string of the molecule is C=C[C@@]1(OCOCC[Si](C)(C)C)CC[C@@H]2[C@H]([C@@H]1/C=C(\CC[N+](=O)[O-])CO[Si](c1ccccc1)(c1ccccc1)C(C)(C)C)C2(C)C. The van der Waals surface area contributed by atoms with Gasteiger partial charge in [0.15, 0.2) is 0 Å². The van der Waals surface area contributed by atoms with Gasteiger partial charge in [0, 0.05) is 31.9 Å². The molecule has 0 N–H and O–H groups in total. The Hall–Kier alpha value is -2.37. The molecule has 0 aromatic heterocycles. The van der Waals surface area contributed by atoms with Gasteiger partial charge < -0.3 is 13.9 Å². The minimum absolute atomic E-state index is 0.0313. The number of hydrogen-bond acceptors (Lipinski definition) is 5. The Morgan fingerprint density at radius 1 is 1.04 bits per heavy atom. The zero-order chi connectivity index (χ0) is 33.8. The molecule has 0 spiro atoms. The number of benzene rings is 2. The summed E-state index contributed by atoms with van der Waals surface area (Å²) in [5.41, 5.74) is 0.541. The summed E-state index contributed by atoms with van der Waals surface area (Å²) >= 11 is 0. The van der Waals surface area contributed by atoms with Crippen LogP contribution < -0.4 is 10.4 Å². The monoisotopic (exact) mass is 663 g/mol. The molecule has 8 heteroatoms. The van der Waals surface area contributed by atoms with Crippen molar-refractivity contribution in [2.24, 2.45) is 23.2 Å². The minimum atomic E-state index is -2.84. The first kappa shape index (κ1) is 36.5. The number of nitro groups is 1. The average Bonchev–Trinajstić information content (AvgIpc) is 3.56. The van der Waals surface area contributed by atoms with Crippen molar-refractivity contribution in [3.8, 4) is 0 Å². The van der Waals surface area contributed by atoms with E-state index in [-0.39, 0.29) is 34.6 Å². The van der Waals surface area contributed by atoms with Crippen LogP contribution in [-0.2, 0) is 13.9 Å². The Morgan fingerprint density at radius 3 is 2.13 bits per heavy atom. The van der Waals surface area contributed by atoms with Gasteiger partial charge in [-0.25, -0.2) is 0 Å². The van der Waals surface area contributed by atoms with Crippen molar-refractivity contribution >= 4 is 26.8 Å². The maximum Gasteiger partial charge on any atom is 0.261 e. The highest BCUT2D eigenvalue weighted by molar-refractivity contribution is 6.99. The molecule has 2 aromatic carbocycles. The molecule has 252 valence electrons. The molecule has 46 heavy (non-hydrogen) atoms. The molecular formula is C38H57NO5Si2. The van der Waals surface area contributed by atoms with Crippen molar-refractivity contribution in [2.75, 3.05) is 26.6 Å². The molecule has 4 rings (SSSR count). The molecule has 2 aromatic rings. The first-order chi connectivity index (χ1) is 21.6. The second-order valence-corrected chi connectivity index (χ2v) is 26.2. The molecule has 0 heterocycles. The molecule has 0 aliphatic heterocycles. The number of fused-ring (bicyclic) bond motifs is 1. The van der Waals surface area contributed by atoms with Crippen LogP contribution in [0, 0.1) is 33.3 Å². The largest absolute Gasteiger partial charge is 0.403 e. The highest BCUT2D eigenvalue weighted by Gasteiger charge is 2.66. The summed E-state index contributed by atoms with van der Waals surface area (Å²) in [5, 5.41) is 13.9. The molecule has 6 nitrogen and oxygen atoms in total. The first-order valence-electron chi connectivity index (χ1n) is 17.0. The van der Waals surface area contributed by atoms with E-state index in [0.717, 1.165) is 24.5 Å². The summed E-state index contributed by atoms with van der Waals surface area (Å²) in [7, 11) is -4.05. The maximum atomic E-state index is 11.7. The van der Waals surface area contributed by atoms with Crippen molar-refractivity contribution in [2.45, 2.75) is 90.2 Å². The van der Waals surface area contributed by atoms with Crippen molar-refractivity contribution < 1.29 is 18.8 Å². The lowest BCUT2D eigenvalue weighted by atomic mass is 9.73. The van der Waals surface area contributed by atoms with E-state index in [4.69, 9.17) is 13.9 Å². The van der Waals surface area contributed by atoms with E-state index in [1.807, 2.05) is 18.2 Å². The third-order valence-electron chi connectivity index (χ3n) is 10.6. The Morgan fingerprint density at radius 2 is 1.63 bits per heavy atom. The molecule has 2 fully saturated rings. The van der Waals surface area contributed by atoms with E-state index in [1.54, 1.807) is 0 Å². The van der Waals surface area contributed by atoms with Gasteiger partial charge in [0.05, 0.1) is 12.2 Å². The summed E-state index contributed by atoms with van der Waals surface area (Å²) in [6.45, 7) is 23.9. The van der Waals surface area contributed by atoms with Crippen LogP contribution >= 0.6 is 0 Å². The standard InChI is InChI=1S/C38H57NO5Si2/c1-10-38(43-29-42-25-26-45(7,8)9)23-21-33-35(37(33,5)6)34(38)27-30(22-24-39(40)41)28-44-46(36(2,3)4,31-17-13-11-14-18-31)32-19-15-12-16-20-32/h10-20,27,33-35H,1,21-26,28-29H2,2-9H3/b30-27+/t33-,34+,35-,38-/m1/s1. The molecular weight excluding hydrogens is 607 g/mol. The van der Waals surface area contributed by atoms with Crippen molar-refractivity contribution in [3.63, 3.8) is 0 Å². The molecule has 0 saturated heterocycles. The fraction of sp³-hybridized carbons (Fsp3) is 0.579. The van der Waals surface area contributed by atoms with Crippen LogP contribution in [0.1, 0.15) is 53.9 Å². The van der Waals surface area contributed by atoms with Gasteiger partial charge in [0.2, 0.25) is 6.54 Å². The van der Waals surface area contributed by atoms with Crippen LogP contribution in [0.4, 0.5) is 0 Å². The van der Waals surface area contributed by atoms with Crippen molar-refractivity contribution in [1.29, 1.82) is 0 Å². The van der Waals surface area contributed by atoms with Crippen LogP contribution in [0.3, 0.4) is 0 Å². The Kier molecular flexibility index (Phi) is 11.4. The molecule has 4 atom stereocenters.